The highest BCUT2D eigenvalue weighted by Crippen LogP contribution is 2.34. The first kappa shape index (κ1) is 24.2. The van der Waals surface area contributed by atoms with Gasteiger partial charge in [-0.15, -0.1) is 10.2 Å². The largest absolute Gasteiger partial charge is 0.497 e. The summed E-state index contributed by atoms with van der Waals surface area (Å²) >= 11 is 13.4. The summed E-state index contributed by atoms with van der Waals surface area (Å²) in [4.78, 5) is 13.1. The summed E-state index contributed by atoms with van der Waals surface area (Å²) in [6.45, 7) is 1.70. The van der Waals surface area contributed by atoms with Crippen LogP contribution in [-0.4, -0.2) is 43.9 Å². The second kappa shape index (κ2) is 10.0. The molecule has 32 heavy (non-hydrogen) atoms. The number of halogens is 2. The molecular formula is C20H20Cl2N4O4S2. The number of ether oxygens (including phenoxy) is 1. The summed E-state index contributed by atoms with van der Waals surface area (Å²) in [5, 5.41) is 12.1. The number of methoxy groups -OCH3 is 1. The Morgan fingerprint density at radius 1 is 1.19 bits per heavy atom. The van der Waals surface area contributed by atoms with Crippen LogP contribution in [0.3, 0.4) is 0 Å². The molecule has 1 atom stereocenters. The van der Waals surface area contributed by atoms with Crippen LogP contribution in [0, 0.1) is 0 Å². The molecule has 1 aromatic heterocycles. The minimum absolute atomic E-state index is 0.125. The summed E-state index contributed by atoms with van der Waals surface area (Å²) in [5.41, 5.74) is 0.930. The molecule has 0 spiro atoms. The number of rotatable bonds is 8. The van der Waals surface area contributed by atoms with Crippen LogP contribution in [0.2, 0.25) is 10.0 Å². The Labute approximate surface area is 200 Å². The van der Waals surface area contributed by atoms with E-state index in [1.54, 1.807) is 26.2 Å². The van der Waals surface area contributed by atoms with Crippen LogP contribution in [0.5, 0.6) is 5.75 Å². The van der Waals surface area contributed by atoms with Crippen LogP contribution < -0.4 is 14.4 Å². The smallest absolute Gasteiger partial charge is 0.250 e. The highest BCUT2D eigenvalue weighted by Gasteiger charge is 2.33. The lowest BCUT2D eigenvalue weighted by Gasteiger charge is -2.30. The molecular weight excluding hydrogens is 495 g/mol. The Morgan fingerprint density at radius 3 is 2.47 bits per heavy atom. The van der Waals surface area contributed by atoms with Gasteiger partial charge >= 0.3 is 0 Å². The first-order valence-corrected chi connectivity index (χ1v) is 12.8. The van der Waals surface area contributed by atoms with Crippen molar-refractivity contribution in [3.8, 4) is 16.3 Å². The number of anilines is 2. The molecule has 8 nitrogen and oxygen atoms in total. The Morgan fingerprint density at radius 2 is 1.88 bits per heavy atom. The third-order valence-corrected chi connectivity index (χ3v) is 7.08. The molecule has 12 heteroatoms. The molecule has 0 aliphatic heterocycles. The van der Waals surface area contributed by atoms with Gasteiger partial charge in [0.1, 0.15) is 16.8 Å². The number of nitrogens with one attached hydrogen (secondary N) is 1. The lowest BCUT2D eigenvalue weighted by molar-refractivity contribution is -0.117. The number of aromatic nitrogens is 2. The average Bonchev–Trinajstić information content (AvgIpc) is 3.21. The molecule has 0 aliphatic carbocycles. The maximum absolute atomic E-state index is 13.1. The van der Waals surface area contributed by atoms with E-state index in [0.717, 1.165) is 16.1 Å². The number of hydrogen-bond donors (Lipinski definition) is 1. The average molecular weight is 515 g/mol. The van der Waals surface area contributed by atoms with Gasteiger partial charge in [0.25, 0.3) is 0 Å². The van der Waals surface area contributed by atoms with E-state index in [1.165, 1.54) is 29.5 Å². The van der Waals surface area contributed by atoms with Crippen molar-refractivity contribution in [2.45, 2.75) is 19.4 Å². The molecule has 1 amide bonds. The normalized spacial score (nSPS) is 12.3. The third kappa shape index (κ3) is 5.50. The topological polar surface area (TPSA) is 101 Å². The molecule has 3 rings (SSSR count). The fraction of sp³-hybridized carbons (Fsp3) is 0.250. The summed E-state index contributed by atoms with van der Waals surface area (Å²) in [7, 11) is -2.29. The monoisotopic (exact) mass is 514 g/mol. The van der Waals surface area contributed by atoms with E-state index < -0.39 is 22.0 Å². The fourth-order valence-electron chi connectivity index (χ4n) is 3.00. The molecule has 3 aromatic rings. The van der Waals surface area contributed by atoms with Crippen molar-refractivity contribution in [2.75, 3.05) is 23.0 Å². The van der Waals surface area contributed by atoms with E-state index in [2.05, 4.69) is 15.5 Å². The molecule has 0 saturated carbocycles. The van der Waals surface area contributed by atoms with Gasteiger partial charge in [-0.05, 0) is 48.9 Å². The molecule has 1 N–H and O–H groups in total. The zero-order valence-electron chi connectivity index (χ0n) is 17.4. The molecule has 0 bridgehead atoms. The number of benzene rings is 2. The minimum atomic E-state index is -3.87. The van der Waals surface area contributed by atoms with Gasteiger partial charge in [-0.3, -0.25) is 14.4 Å². The maximum Gasteiger partial charge on any atom is 0.250 e. The second-order valence-electron chi connectivity index (χ2n) is 6.71. The molecule has 170 valence electrons. The fourth-order valence-corrected chi connectivity index (χ4v) is 5.40. The van der Waals surface area contributed by atoms with Crippen LogP contribution >= 0.6 is 34.5 Å². The first-order chi connectivity index (χ1) is 15.1. The van der Waals surface area contributed by atoms with Gasteiger partial charge in [-0.25, -0.2) is 8.42 Å². The van der Waals surface area contributed by atoms with E-state index in [-0.39, 0.29) is 22.3 Å². The predicted molar refractivity (Wildman–Crippen MR) is 128 cm³/mol. The van der Waals surface area contributed by atoms with Crippen LogP contribution in [0.1, 0.15) is 13.3 Å². The lowest BCUT2D eigenvalue weighted by atomic mass is 10.2. The Kier molecular flexibility index (Phi) is 7.60. The van der Waals surface area contributed by atoms with E-state index in [1.807, 2.05) is 12.1 Å². The quantitative estimate of drug-likeness (QED) is 0.467. The van der Waals surface area contributed by atoms with Gasteiger partial charge in [-0.1, -0.05) is 41.5 Å². The highest BCUT2D eigenvalue weighted by molar-refractivity contribution is 7.92. The van der Waals surface area contributed by atoms with Crippen molar-refractivity contribution in [1.82, 2.24) is 10.2 Å². The number of nitrogens with zero attached hydrogens (tertiary/aromatic N) is 3. The van der Waals surface area contributed by atoms with Crippen molar-refractivity contribution in [1.29, 1.82) is 0 Å². The predicted octanol–water partition coefficient (Wildman–Crippen LogP) is 4.70. The lowest BCUT2D eigenvalue weighted by Crippen LogP contribution is -2.47. The van der Waals surface area contributed by atoms with Gasteiger partial charge in [0.05, 0.1) is 24.1 Å². The Balaban J connectivity index is 1.87. The molecule has 0 radical (unpaired) electrons. The van der Waals surface area contributed by atoms with Gasteiger partial charge < -0.3 is 4.74 Å². The van der Waals surface area contributed by atoms with Gasteiger partial charge in [0.2, 0.25) is 21.1 Å². The maximum atomic E-state index is 13.1. The number of amides is 1. The Hall–Kier alpha value is -2.40. The van der Waals surface area contributed by atoms with Crippen molar-refractivity contribution < 1.29 is 17.9 Å². The van der Waals surface area contributed by atoms with Crippen molar-refractivity contribution in [2.24, 2.45) is 0 Å². The van der Waals surface area contributed by atoms with Gasteiger partial charge in [-0.2, -0.15) is 0 Å². The van der Waals surface area contributed by atoms with Crippen LogP contribution in [0.15, 0.2) is 42.5 Å². The number of carbonyl (C=O) groups excluding carboxylic acids is 1. The van der Waals surface area contributed by atoms with Crippen LogP contribution in [0.4, 0.5) is 10.8 Å². The first-order valence-electron chi connectivity index (χ1n) is 9.37. The number of hydrogen-bond acceptors (Lipinski definition) is 7. The van der Waals surface area contributed by atoms with Gasteiger partial charge in [0, 0.05) is 10.6 Å². The molecule has 1 heterocycles. The number of carbonyl (C=O) groups is 1. The summed E-state index contributed by atoms with van der Waals surface area (Å²) in [6.07, 6.45) is 1.19. The third-order valence-electron chi connectivity index (χ3n) is 4.47. The summed E-state index contributed by atoms with van der Waals surface area (Å²) < 4.78 is 31.3. The molecule has 0 aliphatic rings. The molecule has 0 unspecified atom stereocenters. The van der Waals surface area contributed by atoms with E-state index >= 15 is 0 Å². The van der Waals surface area contributed by atoms with Crippen molar-refractivity contribution in [3.63, 3.8) is 0 Å². The van der Waals surface area contributed by atoms with E-state index in [4.69, 9.17) is 27.9 Å². The van der Waals surface area contributed by atoms with Crippen LogP contribution in [-0.2, 0) is 14.8 Å². The SMILES string of the molecule is CC[C@@H](C(=O)Nc1nnc(-c2ccc(OC)cc2)s1)N(c1cc(Cl)ccc1Cl)S(C)(=O)=O. The summed E-state index contributed by atoms with van der Waals surface area (Å²) in [5.74, 6) is 0.143. The zero-order valence-corrected chi connectivity index (χ0v) is 20.5. The van der Waals surface area contributed by atoms with Crippen molar-refractivity contribution in [3.05, 3.63) is 52.5 Å². The highest BCUT2D eigenvalue weighted by atomic mass is 35.5. The molecule has 0 fully saturated rings. The molecule has 0 saturated heterocycles. The number of sulfonamides is 1. The van der Waals surface area contributed by atoms with Crippen LogP contribution in [0.25, 0.3) is 10.6 Å². The zero-order chi connectivity index (χ0) is 23.5. The summed E-state index contributed by atoms with van der Waals surface area (Å²) in [6, 6.07) is 10.6. The second-order valence-corrected chi connectivity index (χ2v) is 10.4. The van der Waals surface area contributed by atoms with Crippen molar-refractivity contribution >= 4 is 61.3 Å². The standard InChI is InChI=1S/C20H20Cl2N4O4S2/c1-4-16(26(32(3,28)29)17-11-13(21)7-10-15(17)22)18(27)23-20-25-24-19(31-20)12-5-8-14(30-2)9-6-12/h5-11,16H,4H2,1-3H3,(H,23,25,27)/t16-/m0/s1. The minimum Gasteiger partial charge on any atom is -0.497 e. The van der Waals surface area contributed by atoms with E-state index in [0.29, 0.717) is 15.8 Å². The molecule has 2 aromatic carbocycles. The Bertz CT molecular complexity index is 1220. The van der Waals surface area contributed by atoms with E-state index in [9.17, 15) is 13.2 Å². The van der Waals surface area contributed by atoms with Gasteiger partial charge in [0.15, 0.2) is 0 Å².